The summed E-state index contributed by atoms with van der Waals surface area (Å²) in [5, 5.41) is 0. The Bertz CT molecular complexity index is 256. The summed E-state index contributed by atoms with van der Waals surface area (Å²) >= 11 is 0. The zero-order valence-electron chi connectivity index (χ0n) is 5.94. The van der Waals surface area contributed by atoms with Crippen LogP contribution in [0, 0.1) is 0 Å². The molecule has 1 aliphatic rings. The van der Waals surface area contributed by atoms with Crippen LogP contribution in [0.1, 0.15) is 11.7 Å². The lowest BCUT2D eigenvalue weighted by Crippen LogP contribution is -1.87. The van der Waals surface area contributed by atoms with Crippen molar-refractivity contribution in [1.82, 2.24) is 0 Å². The molecular weight excluding hydrogens is 140 g/mol. The molecule has 2 atom stereocenters. The molecule has 0 bridgehead atoms. The van der Waals surface area contributed by atoms with Crippen LogP contribution >= 0.6 is 0 Å². The molecule has 0 amide bonds. The largest absolute Gasteiger partial charge is 0.357 e. The second kappa shape index (κ2) is 2.47. The van der Waals surface area contributed by atoms with Gasteiger partial charge in [-0.25, -0.2) is 0 Å². The van der Waals surface area contributed by atoms with Crippen LogP contribution in [0.3, 0.4) is 0 Å². The molecular formula is C9H8O2. The maximum Gasteiger partial charge on any atom is 0.151 e. The van der Waals surface area contributed by atoms with Crippen molar-refractivity contribution in [3.05, 3.63) is 35.9 Å². The van der Waals surface area contributed by atoms with Crippen molar-refractivity contribution in [1.29, 1.82) is 0 Å². The van der Waals surface area contributed by atoms with Gasteiger partial charge in [0.2, 0.25) is 0 Å². The summed E-state index contributed by atoms with van der Waals surface area (Å²) in [6, 6.07) is 9.77. The van der Waals surface area contributed by atoms with Gasteiger partial charge in [-0.2, -0.15) is 0 Å². The number of carbonyl (C=O) groups excluding carboxylic acids is 1. The first-order valence-corrected chi connectivity index (χ1v) is 3.57. The van der Waals surface area contributed by atoms with Gasteiger partial charge in [-0.05, 0) is 5.56 Å². The fourth-order valence-corrected chi connectivity index (χ4v) is 1.14. The van der Waals surface area contributed by atoms with Gasteiger partial charge in [0.25, 0.3) is 0 Å². The third-order valence-corrected chi connectivity index (χ3v) is 1.79. The highest BCUT2D eigenvalue weighted by atomic mass is 16.6. The van der Waals surface area contributed by atoms with Crippen LogP contribution in [-0.2, 0) is 9.53 Å². The smallest absolute Gasteiger partial charge is 0.151 e. The highest BCUT2D eigenvalue weighted by Gasteiger charge is 2.39. The minimum atomic E-state index is -0.197. The van der Waals surface area contributed by atoms with Gasteiger partial charge in [-0.3, -0.25) is 0 Å². The molecule has 1 saturated heterocycles. The first-order chi connectivity index (χ1) is 5.42. The van der Waals surface area contributed by atoms with E-state index in [0.717, 1.165) is 11.8 Å². The van der Waals surface area contributed by atoms with Gasteiger partial charge >= 0.3 is 0 Å². The number of hydrogen-bond donors (Lipinski definition) is 0. The number of carbonyl (C=O) groups is 1. The van der Waals surface area contributed by atoms with E-state index in [-0.39, 0.29) is 12.2 Å². The number of hydrogen-bond acceptors (Lipinski definition) is 2. The summed E-state index contributed by atoms with van der Waals surface area (Å²) in [6.07, 6.45) is 0.670. The molecule has 0 saturated carbocycles. The molecule has 1 aliphatic heterocycles. The van der Waals surface area contributed by atoms with Crippen molar-refractivity contribution in [3.8, 4) is 0 Å². The highest BCUT2D eigenvalue weighted by molar-refractivity contribution is 5.61. The maximum atomic E-state index is 10.2. The molecule has 56 valence electrons. The van der Waals surface area contributed by atoms with Gasteiger partial charge in [0.15, 0.2) is 6.29 Å². The van der Waals surface area contributed by atoms with Crippen LogP contribution in [0.15, 0.2) is 30.3 Å². The standard InChI is InChI=1S/C9H8O2/c10-6-8-9(11-8)7-4-2-1-3-5-7/h1-6,8-9H/t8?,9-/m1/s1. The molecule has 1 aromatic carbocycles. The maximum absolute atomic E-state index is 10.2. The van der Waals surface area contributed by atoms with Crippen molar-refractivity contribution >= 4 is 6.29 Å². The van der Waals surface area contributed by atoms with Crippen LogP contribution < -0.4 is 0 Å². The third-order valence-electron chi connectivity index (χ3n) is 1.79. The van der Waals surface area contributed by atoms with Crippen LogP contribution in [0.25, 0.3) is 0 Å². The lowest BCUT2D eigenvalue weighted by Gasteiger charge is -1.90. The minimum Gasteiger partial charge on any atom is -0.357 e. The number of ether oxygens (including phenoxy) is 1. The molecule has 0 spiro atoms. The minimum absolute atomic E-state index is 0.0219. The molecule has 0 radical (unpaired) electrons. The zero-order chi connectivity index (χ0) is 7.68. The topological polar surface area (TPSA) is 29.6 Å². The average molecular weight is 148 g/mol. The van der Waals surface area contributed by atoms with Crippen molar-refractivity contribution in [2.45, 2.75) is 12.2 Å². The van der Waals surface area contributed by atoms with Crippen molar-refractivity contribution in [2.24, 2.45) is 0 Å². The van der Waals surface area contributed by atoms with E-state index in [0.29, 0.717) is 0 Å². The fraction of sp³-hybridized carbons (Fsp3) is 0.222. The second-order valence-electron chi connectivity index (χ2n) is 2.57. The van der Waals surface area contributed by atoms with E-state index in [4.69, 9.17) is 4.74 Å². The SMILES string of the molecule is O=CC1O[C@@H]1c1ccccc1. The van der Waals surface area contributed by atoms with Crippen LogP contribution in [0.4, 0.5) is 0 Å². The van der Waals surface area contributed by atoms with E-state index < -0.39 is 0 Å². The molecule has 11 heavy (non-hydrogen) atoms. The number of benzene rings is 1. The summed E-state index contributed by atoms with van der Waals surface area (Å²) in [4.78, 5) is 10.2. The lowest BCUT2D eigenvalue weighted by molar-refractivity contribution is -0.108. The average Bonchev–Trinajstić information content (AvgIpc) is 2.85. The first kappa shape index (κ1) is 6.55. The third kappa shape index (κ3) is 1.17. The zero-order valence-corrected chi connectivity index (χ0v) is 5.94. The molecule has 0 N–H and O–H groups in total. The molecule has 2 rings (SSSR count). The Morgan fingerprint density at radius 1 is 1.27 bits per heavy atom. The predicted molar refractivity (Wildman–Crippen MR) is 40.1 cm³/mol. The summed E-state index contributed by atoms with van der Waals surface area (Å²) < 4.78 is 5.08. The molecule has 0 aromatic heterocycles. The van der Waals surface area contributed by atoms with E-state index in [1.165, 1.54) is 0 Å². The summed E-state index contributed by atoms with van der Waals surface area (Å²) in [6.45, 7) is 0. The molecule has 2 heteroatoms. The van der Waals surface area contributed by atoms with E-state index in [2.05, 4.69) is 0 Å². The Balaban J connectivity index is 2.14. The van der Waals surface area contributed by atoms with Crippen LogP contribution in [-0.4, -0.2) is 12.4 Å². The first-order valence-electron chi connectivity index (χ1n) is 3.57. The Kier molecular flexibility index (Phi) is 1.47. The van der Waals surface area contributed by atoms with Gasteiger partial charge in [0, 0.05) is 0 Å². The quantitative estimate of drug-likeness (QED) is 0.467. The Morgan fingerprint density at radius 2 is 2.00 bits per heavy atom. The van der Waals surface area contributed by atoms with Gasteiger partial charge in [0.05, 0.1) is 0 Å². The van der Waals surface area contributed by atoms with Crippen molar-refractivity contribution in [3.63, 3.8) is 0 Å². The number of epoxide rings is 1. The molecule has 1 heterocycles. The molecule has 0 aliphatic carbocycles. The van der Waals surface area contributed by atoms with Gasteiger partial charge in [-0.15, -0.1) is 0 Å². The van der Waals surface area contributed by atoms with Crippen LogP contribution in [0.2, 0.25) is 0 Å². The molecule has 1 aromatic rings. The molecule has 2 nitrogen and oxygen atoms in total. The normalized spacial score (nSPS) is 28.0. The Morgan fingerprint density at radius 3 is 2.55 bits per heavy atom. The summed E-state index contributed by atoms with van der Waals surface area (Å²) in [5.41, 5.74) is 1.09. The van der Waals surface area contributed by atoms with E-state index in [1.54, 1.807) is 0 Å². The molecule has 1 fully saturated rings. The summed E-state index contributed by atoms with van der Waals surface area (Å²) in [5.74, 6) is 0. The summed E-state index contributed by atoms with van der Waals surface area (Å²) in [7, 11) is 0. The van der Waals surface area contributed by atoms with E-state index in [9.17, 15) is 4.79 Å². The Hall–Kier alpha value is -1.15. The Labute approximate surface area is 64.8 Å². The van der Waals surface area contributed by atoms with Crippen LogP contribution in [0.5, 0.6) is 0 Å². The van der Waals surface area contributed by atoms with Crippen molar-refractivity contribution < 1.29 is 9.53 Å². The van der Waals surface area contributed by atoms with Gasteiger partial charge in [0.1, 0.15) is 12.2 Å². The van der Waals surface area contributed by atoms with E-state index >= 15 is 0 Å². The highest BCUT2D eigenvalue weighted by Crippen LogP contribution is 2.36. The van der Waals surface area contributed by atoms with E-state index in [1.807, 2.05) is 30.3 Å². The monoisotopic (exact) mass is 148 g/mol. The van der Waals surface area contributed by atoms with Crippen molar-refractivity contribution in [2.75, 3.05) is 0 Å². The van der Waals surface area contributed by atoms with Gasteiger partial charge in [-0.1, -0.05) is 30.3 Å². The number of rotatable bonds is 2. The van der Waals surface area contributed by atoms with Gasteiger partial charge < -0.3 is 9.53 Å². The number of aldehydes is 1. The predicted octanol–water partition coefficient (Wildman–Crippen LogP) is 1.33. The fourth-order valence-electron chi connectivity index (χ4n) is 1.14. The lowest BCUT2D eigenvalue weighted by atomic mass is 10.1. The second-order valence-corrected chi connectivity index (χ2v) is 2.57. The molecule has 1 unspecified atom stereocenters.